The summed E-state index contributed by atoms with van der Waals surface area (Å²) < 4.78 is 0. The summed E-state index contributed by atoms with van der Waals surface area (Å²) in [5.41, 5.74) is 1.21. The van der Waals surface area contributed by atoms with Gasteiger partial charge < -0.3 is 4.98 Å². The molecule has 0 aliphatic carbocycles. The molecule has 2 aromatic rings. The molecule has 78 valence electrons. The van der Waals surface area contributed by atoms with Crippen molar-refractivity contribution in [3.63, 3.8) is 0 Å². The van der Waals surface area contributed by atoms with Crippen LogP contribution in [0.5, 0.6) is 0 Å². The molecule has 0 bridgehead atoms. The Bertz CT molecular complexity index is 518. The average Bonchev–Trinajstić information content (AvgIpc) is 2.27. The summed E-state index contributed by atoms with van der Waals surface area (Å²) in [6.45, 7) is 0. The van der Waals surface area contributed by atoms with Gasteiger partial charge in [-0.1, -0.05) is 28.1 Å². The van der Waals surface area contributed by atoms with Crippen LogP contribution < -0.4 is 5.56 Å². The van der Waals surface area contributed by atoms with Gasteiger partial charge in [0, 0.05) is 16.9 Å². The number of H-pyrrole nitrogens is 1. The Morgan fingerprint density at radius 1 is 1.27 bits per heavy atom. The van der Waals surface area contributed by atoms with Gasteiger partial charge in [0.05, 0.1) is 0 Å². The fourth-order valence-corrected chi connectivity index (χ4v) is 1.94. The maximum Gasteiger partial charge on any atom is 0.255 e. The first kappa shape index (κ1) is 10.4. The van der Waals surface area contributed by atoms with Crippen molar-refractivity contribution in [1.29, 1.82) is 0 Å². The van der Waals surface area contributed by atoms with Crippen molar-refractivity contribution in [2.45, 2.75) is 12.8 Å². The molecule has 0 aliphatic heterocycles. The number of alkyl halides is 1. The van der Waals surface area contributed by atoms with Gasteiger partial charge in [0.15, 0.2) is 0 Å². The highest BCUT2D eigenvalue weighted by Gasteiger charge is 1.99. The van der Waals surface area contributed by atoms with Gasteiger partial charge in [-0.15, -0.1) is 0 Å². The topological polar surface area (TPSA) is 32.9 Å². The molecule has 15 heavy (non-hydrogen) atoms. The fraction of sp³-hybridized carbons (Fsp3) is 0.250. The highest BCUT2D eigenvalue weighted by Crippen LogP contribution is 2.13. The van der Waals surface area contributed by atoms with Crippen LogP contribution >= 0.6 is 15.9 Å². The predicted molar refractivity (Wildman–Crippen MR) is 66.7 cm³/mol. The van der Waals surface area contributed by atoms with Crippen LogP contribution in [0.2, 0.25) is 0 Å². The van der Waals surface area contributed by atoms with Gasteiger partial charge in [0.2, 0.25) is 0 Å². The van der Waals surface area contributed by atoms with E-state index in [0.717, 1.165) is 28.9 Å². The van der Waals surface area contributed by atoms with E-state index in [-0.39, 0.29) is 5.56 Å². The molecule has 1 heterocycles. The van der Waals surface area contributed by atoms with E-state index in [4.69, 9.17) is 0 Å². The molecule has 3 heteroatoms. The molecular formula is C12H12BrNO. The van der Waals surface area contributed by atoms with Crippen LogP contribution in [0.25, 0.3) is 10.8 Å². The lowest BCUT2D eigenvalue weighted by Crippen LogP contribution is -2.04. The molecular weight excluding hydrogens is 254 g/mol. The van der Waals surface area contributed by atoms with Gasteiger partial charge in [-0.2, -0.15) is 0 Å². The summed E-state index contributed by atoms with van der Waals surface area (Å²) in [6.07, 6.45) is 3.79. The first-order chi connectivity index (χ1) is 7.31. The lowest BCUT2D eigenvalue weighted by molar-refractivity contribution is 0.941. The van der Waals surface area contributed by atoms with Crippen molar-refractivity contribution in [2.75, 3.05) is 5.33 Å². The number of nitrogens with one attached hydrogen (secondary N) is 1. The van der Waals surface area contributed by atoms with E-state index in [2.05, 4.69) is 27.0 Å². The zero-order valence-electron chi connectivity index (χ0n) is 8.29. The van der Waals surface area contributed by atoms with Gasteiger partial charge in [0.25, 0.3) is 5.56 Å². The molecule has 0 unspecified atom stereocenters. The van der Waals surface area contributed by atoms with Crippen molar-refractivity contribution in [3.8, 4) is 0 Å². The van der Waals surface area contributed by atoms with E-state index in [1.165, 1.54) is 5.56 Å². The average molecular weight is 266 g/mol. The molecule has 0 atom stereocenters. The quantitative estimate of drug-likeness (QED) is 0.851. The maximum absolute atomic E-state index is 11.5. The van der Waals surface area contributed by atoms with Crippen LogP contribution in [0.3, 0.4) is 0 Å². The number of benzene rings is 1. The van der Waals surface area contributed by atoms with Gasteiger partial charge in [-0.05, 0) is 35.9 Å². The minimum Gasteiger partial charge on any atom is -0.329 e. The number of hydrogen-bond acceptors (Lipinski definition) is 1. The Morgan fingerprint density at radius 3 is 2.93 bits per heavy atom. The Kier molecular flexibility index (Phi) is 3.21. The molecule has 0 aliphatic rings. The lowest BCUT2D eigenvalue weighted by atomic mass is 10.1. The third kappa shape index (κ3) is 2.29. The van der Waals surface area contributed by atoms with Gasteiger partial charge in [0.1, 0.15) is 0 Å². The van der Waals surface area contributed by atoms with E-state index < -0.39 is 0 Å². The van der Waals surface area contributed by atoms with Crippen molar-refractivity contribution in [3.05, 3.63) is 46.4 Å². The molecule has 0 fully saturated rings. The second-order valence-electron chi connectivity index (χ2n) is 3.52. The number of aryl methyl sites for hydroxylation is 1. The molecule has 0 amide bonds. The molecule has 1 aromatic heterocycles. The molecule has 0 spiro atoms. The Hall–Kier alpha value is -1.09. The van der Waals surface area contributed by atoms with Gasteiger partial charge >= 0.3 is 0 Å². The molecule has 1 N–H and O–H groups in total. The monoisotopic (exact) mass is 265 g/mol. The number of pyridine rings is 1. The number of halogens is 1. The second kappa shape index (κ2) is 4.62. The summed E-state index contributed by atoms with van der Waals surface area (Å²) in [4.78, 5) is 14.2. The van der Waals surface area contributed by atoms with E-state index in [0.29, 0.717) is 0 Å². The minimum absolute atomic E-state index is 0.00630. The largest absolute Gasteiger partial charge is 0.329 e. The summed E-state index contributed by atoms with van der Waals surface area (Å²) in [5, 5.41) is 2.78. The summed E-state index contributed by atoms with van der Waals surface area (Å²) in [6, 6.07) is 8.00. The third-order valence-electron chi connectivity index (χ3n) is 2.44. The van der Waals surface area contributed by atoms with Crippen LogP contribution in [-0.2, 0) is 6.42 Å². The predicted octanol–water partition coefficient (Wildman–Crippen LogP) is 2.86. The maximum atomic E-state index is 11.5. The fourth-order valence-electron chi connectivity index (χ4n) is 1.66. The van der Waals surface area contributed by atoms with Crippen LogP contribution in [0, 0.1) is 0 Å². The van der Waals surface area contributed by atoms with Gasteiger partial charge in [-0.3, -0.25) is 4.79 Å². The van der Waals surface area contributed by atoms with Gasteiger partial charge in [-0.25, -0.2) is 0 Å². The van der Waals surface area contributed by atoms with E-state index in [9.17, 15) is 4.79 Å². The minimum atomic E-state index is -0.00630. The van der Waals surface area contributed by atoms with Crippen molar-refractivity contribution >= 4 is 26.7 Å². The number of aromatic amines is 1. The third-order valence-corrected chi connectivity index (χ3v) is 3.00. The molecule has 1 aromatic carbocycles. The van der Waals surface area contributed by atoms with Crippen molar-refractivity contribution in [1.82, 2.24) is 4.98 Å². The molecule has 2 nitrogen and oxygen atoms in total. The Morgan fingerprint density at radius 2 is 2.13 bits per heavy atom. The summed E-state index contributed by atoms with van der Waals surface area (Å²) >= 11 is 3.40. The molecule has 2 rings (SSSR count). The van der Waals surface area contributed by atoms with Crippen LogP contribution in [0.1, 0.15) is 12.0 Å². The zero-order chi connectivity index (χ0) is 10.7. The first-order valence-corrected chi connectivity index (χ1v) is 6.10. The first-order valence-electron chi connectivity index (χ1n) is 4.97. The normalized spacial score (nSPS) is 10.7. The SMILES string of the molecule is O=c1[nH]ccc2ccc(CCCBr)cc12. The Balaban J connectivity index is 2.45. The van der Waals surface area contributed by atoms with E-state index in [1.54, 1.807) is 6.20 Å². The van der Waals surface area contributed by atoms with Crippen molar-refractivity contribution < 1.29 is 0 Å². The Labute approximate surface area is 96.5 Å². The van der Waals surface area contributed by atoms with E-state index >= 15 is 0 Å². The summed E-state index contributed by atoms with van der Waals surface area (Å²) in [7, 11) is 0. The standard InChI is InChI=1S/C12H12BrNO/c13-6-1-2-9-3-4-10-5-7-14-12(15)11(10)8-9/h3-5,7-8H,1-2,6H2,(H,14,15). The van der Waals surface area contributed by atoms with Crippen LogP contribution in [0.15, 0.2) is 35.3 Å². The molecule has 0 saturated carbocycles. The number of aromatic nitrogens is 1. The highest BCUT2D eigenvalue weighted by atomic mass is 79.9. The number of fused-ring (bicyclic) bond motifs is 1. The van der Waals surface area contributed by atoms with E-state index in [1.807, 2.05) is 18.2 Å². The van der Waals surface area contributed by atoms with Crippen LogP contribution in [-0.4, -0.2) is 10.3 Å². The lowest BCUT2D eigenvalue weighted by Gasteiger charge is -2.01. The second-order valence-corrected chi connectivity index (χ2v) is 4.31. The molecule has 0 radical (unpaired) electrons. The van der Waals surface area contributed by atoms with Crippen LogP contribution in [0.4, 0.5) is 0 Å². The zero-order valence-corrected chi connectivity index (χ0v) is 9.88. The highest BCUT2D eigenvalue weighted by molar-refractivity contribution is 9.09. The number of hydrogen-bond donors (Lipinski definition) is 1. The smallest absolute Gasteiger partial charge is 0.255 e. The molecule has 0 saturated heterocycles. The summed E-state index contributed by atoms with van der Waals surface area (Å²) in [5.74, 6) is 0. The van der Waals surface area contributed by atoms with Crippen molar-refractivity contribution in [2.24, 2.45) is 0 Å². The number of rotatable bonds is 3.